The van der Waals surface area contributed by atoms with Gasteiger partial charge in [0.1, 0.15) is 0 Å². The molecule has 37 valence electrons. The molecule has 0 spiro atoms. The molecule has 0 aliphatic carbocycles. The van der Waals surface area contributed by atoms with E-state index in [9.17, 15) is 0 Å². The molecule has 0 saturated heterocycles. The Morgan fingerprint density at radius 1 is 1.86 bits per heavy atom. The SMILES string of the molecule is CCc1nn[c]o1. The number of aromatic nitrogens is 2. The highest BCUT2D eigenvalue weighted by Crippen LogP contribution is 1.88. The van der Waals surface area contributed by atoms with Gasteiger partial charge in [0.15, 0.2) is 0 Å². The minimum atomic E-state index is 0.639. The monoisotopic (exact) mass is 97.0 g/mol. The van der Waals surface area contributed by atoms with Gasteiger partial charge < -0.3 is 4.42 Å². The normalized spacial score (nSPS) is 9.29. The maximum Gasteiger partial charge on any atom is 0.305 e. The summed E-state index contributed by atoms with van der Waals surface area (Å²) in [5, 5.41) is 6.91. The Hall–Kier alpha value is -0.860. The first kappa shape index (κ1) is 4.30. The van der Waals surface area contributed by atoms with Crippen molar-refractivity contribution in [1.29, 1.82) is 0 Å². The van der Waals surface area contributed by atoms with Crippen molar-refractivity contribution in [3.63, 3.8) is 0 Å². The first-order valence-electron chi connectivity index (χ1n) is 2.12. The van der Waals surface area contributed by atoms with Crippen molar-refractivity contribution in [2.75, 3.05) is 0 Å². The van der Waals surface area contributed by atoms with E-state index in [1.807, 2.05) is 6.92 Å². The van der Waals surface area contributed by atoms with E-state index in [4.69, 9.17) is 0 Å². The number of rotatable bonds is 1. The smallest absolute Gasteiger partial charge is 0.305 e. The Bertz CT molecular complexity index is 124. The minimum Gasteiger partial charge on any atom is -0.417 e. The van der Waals surface area contributed by atoms with Crippen LogP contribution in [0, 0.1) is 6.39 Å². The molecule has 0 aromatic carbocycles. The highest BCUT2D eigenvalue weighted by Gasteiger charge is 1.89. The first-order chi connectivity index (χ1) is 3.43. The lowest BCUT2D eigenvalue weighted by atomic mass is 10.5. The molecule has 1 heterocycles. The summed E-state index contributed by atoms with van der Waals surface area (Å²) in [7, 11) is 0. The van der Waals surface area contributed by atoms with Gasteiger partial charge in [0.25, 0.3) is 0 Å². The van der Waals surface area contributed by atoms with Crippen molar-refractivity contribution >= 4 is 0 Å². The third-order valence-electron chi connectivity index (χ3n) is 0.668. The maximum absolute atomic E-state index is 4.64. The zero-order valence-electron chi connectivity index (χ0n) is 4.01. The molecule has 7 heavy (non-hydrogen) atoms. The van der Waals surface area contributed by atoms with Crippen LogP contribution in [0.5, 0.6) is 0 Å². The fraction of sp³-hybridized carbons (Fsp3) is 0.500. The lowest BCUT2D eigenvalue weighted by molar-refractivity contribution is 0.492. The molecule has 0 aliphatic rings. The molecule has 1 aromatic heterocycles. The van der Waals surface area contributed by atoms with Gasteiger partial charge in [0, 0.05) is 6.42 Å². The standard InChI is InChI=1S/C4H5N2O/c1-2-4-6-5-3-7-4/h2H2,1H3. The predicted molar refractivity (Wildman–Crippen MR) is 22.5 cm³/mol. The summed E-state index contributed by atoms with van der Waals surface area (Å²) in [4.78, 5) is 0. The van der Waals surface area contributed by atoms with Crippen LogP contribution in [0.3, 0.4) is 0 Å². The molecular formula is C4H5N2O. The van der Waals surface area contributed by atoms with E-state index in [1.165, 1.54) is 0 Å². The van der Waals surface area contributed by atoms with E-state index in [0.29, 0.717) is 5.89 Å². The maximum atomic E-state index is 4.64. The summed E-state index contributed by atoms with van der Waals surface area (Å²) in [5.41, 5.74) is 0. The molecule has 0 atom stereocenters. The highest BCUT2D eigenvalue weighted by molar-refractivity contribution is 4.67. The Balaban J connectivity index is 2.76. The quantitative estimate of drug-likeness (QED) is 0.510. The van der Waals surface area contributed by atoms with E-state index in [0.717, 1.165) is 6.42 Å². The molecule has 3 heteroatoms. The summed E-state index contributed by atoms with van der Waals surface area (Å²) in [6, 6.07) is 0. The Kier molecular flexibility index (Phi) is 1.06. The van der Waals surface area contributed by atoms with Crippen molar-refractivity contribution in [1.82, 2.24) is 10.2 Å². The van der Waals surface area contributed by atoms with Crippen LogP contribution in [-0.4, -0.2) is 10.2 Å². The minimum absolute atomic E-state index is 0.639. The van der Waals surface area contributed by atoms with Gasteiger partial charge in [-0.15, -0.1) is 10.2 Å². The highest BCUT2D eigenvalue weighted by atomic mass is 16.4. The average molecular weight is 97.1 g/mol. The summed E-state index contributed by atoms with van der Waals surface area (Å²) >= 11 is 0. The topological polar surface area (TPSA) is 38.9 Å². The summed E-state index contributed by atoms with van der Waals surface area (Å²) in [6.45, 7) is 1.95. The zero-order valence-corrected chi connectivity index (χ0v) is 4.01. The van der Waals surface area contributed by atoms with Crippen molar-refractivity contribution in [2.45, 2.75) is 13.3 Å². The zero-order chi connectivity index (χ0) is 5.11. The van der Waals surface area contributed by atoms with Crippen LogP contribution < -0.4 is 0 Å². The Morgan fingerprint density at radius 2 is 2.71 bits per heavy atom. The van der Waals surface area contributed by atoms with Gasteiger partial charge in [-0.1, -0.05) is 6.92 Å². The molecule has 0 N–H and O–H groups in total. The molecule has 0 aliphatic heterocycles. The summed E-state index contributed by atoms with van der Waals surface area (Å²) < 4.78 is 4.64. The molecule has 1 rings (SSSR count). The summed E-state index contributed by atoms with van der Waals surface area (Å²) in [6.07, 6.45) is 3.03. The predicted octanol–water partition coefficient (Wildman–Crippen LogP) is 0.432. The third-order valence-corrected chi connectivity index (χ3v) is 0.668. The van der Waals surface area contributed by atoms with Gasteiger partial charge in [0.2, 0.25) is 5.89 Å². The van der Waals surface area contributed by atoms with E-state index in [-0.39, 0.29) is 0 Å². The summed E-state index contributed by atoms with van der Waals surface area (Å²) in [5.74, 6) is 0.639. The molecule has 0 unspecified atom stereocenters. The van der Waals surface area contributed by atoms with Crippen LogP contribution in [0.1, 0.15) is 12.8 Å². The first-order valence-corrected chi connectivity index (χ1v) is 2.12. The van der Waals surface area contributed by atoms with E-state index in [2.05, 4.69) is 21.0 Å². The van der Waals surface area contributed by atoms with Crippen LogP contribution >= 0.6 is 0 Å². The number of nitrogens with zero attached hydrogens (tertiary/aromatic N) is 2. The van der Waals surface area contributed by atoms with Crippen LogP contribution in [0.4, 0.5) is 0 Å². The molecule has 0 bridgehead atoms. The van der Waals surface area contributed by atoms with Gasteiger partial charge in [-0.25, -0.2) is 0 Å². The van der Waals surface area contributed by atoms with Crippen LogP contribution in [0.15, 0.2) is 4.42 Å². The molecule has 3 nitrogen and oxygen atoms in total. The number of aryl methyl sites for hydroxylation is 1. The Labute approximate surface area is 41.4 Å². The van der Waals surface area contributed by atoms with Gasteiger partial charge in [-0.3, -0.25) is 0 Å². The van der Waals surface area contributed by atoms with Crippen LogP contribution in [0.25, 0.3) is 0 Å². The van der Waals surface area contributed by atoms with E-state index in [1.54, 1.807) is 0 Å². The van der Waals surface area contributed by atoms with Crippen molar-refractivity contribution in [2.24, 2.45) is 0 Å². The van der Waals surface area contributed by atoms with Crippen LogP contribution in [0.2, 0.25) is 0 Å². The lowest BCUT2D eigenvalue weighted by Crippen LogP contribution is -1.75. The van der Waals surface area contributed by atoms with Gasteiger partial charge in [0.05, 0.1) is 0 Å². The fourth-order valence-electron chi connectivity index (χ4n) is 0.313. The fourth-order valence-corrected chi connectivity index (χ4v) is 0.313. The molecule has 0 fully saturated rings. The second-order valence-electron chi connectivity index (χ2n) is 1.14. The number of hydrogen-bond acceptors (Lipinski definition) is 3. The second-order valence-corrected chi connectivity index (χ2v) is 1.14. The van der Waals surface area contributed by atoms with Gasteiger partial charge in [-0.2, -0.15) is 0 Å². The van der Waals surface area contributed by atoms with Crippen molar-refractivity contribution in [3.8, 4) is 0 Å². The van der Waals surface area contributed by atoms with Gasteiger partial charge in [-0.05, 0) is 0 Å². The second kappa shape index (κ2) is 1.73. The van der Waals surface area contributed by atoms with Crippen molar-refractivity contribution in [3.05, 3.63) is 12.3 Å². The Morgan fingerprint density at radius 3 is 3.00 bits per heavy atom. The van der Waals surface area contributed by atoms with Crippen LogP contribution in [-0.2, 0) is 6.42 Å². The third kappa shape index (κ3) is 0.765. The largest absolute Gasteiger partial charge is 0.417 e. The lowest BCUT2D eigenvalue weighted by Gasteiger charge is -1.74. The van der Waals surface area contributed by atoms with Crippen molar-refractivity contribution < 1.29 is 4.42 Å². The van der Waals surface area contributed by atoms with E-state index < -0.39 is 0 Å². The molecule has 0 amide bonds. The van der Waals surface area contributed by atoms with E-state index >= 15 is 0 Å². The number of hydrogen-bond donors (Lipinski definition) is 0. The van der Waals surface area contributed by atoms with Gasteiger partial charge >= 0.3 is 6.39 Å². The molecule has 1 aromatic rings. The molecule has 1 radical (unpaired) electrons. The molecular weight excluding hydrogens is 92.1 g/mol. The average Bonchev–Trinajstić information content (AvgIpc) is 2.14. The molecule has 0 saturated carbocycles.